The van der Waals surface area contributed by atoms with E-state index in [1.807, 2.05) is 0 Å². The zero-order valence-electron chi connectivity index (χ0n) is 23.3. The summed E-state index contributed by atoms with van der Waals surface area (Å²) < 4.78 is 0. The lowest BCUT2D eigenvalue weighted by molar-refractivity contribution is 0.660. The van der Waals surface area contributed by atoms with Crippen LogP contribution in [-0.4, -0.2) is 0 Å². The summed E-state index contributed by atoms with van der Waals surface area (Å²) in [5.74, 6) is 0. The van der Waals surface area contributed by atoms with Crippen LogP contribution in [0.5, 0.6) is 0 Å². The van der Waals surface area contributed by atoms with Crippen LogP contribution in [0.1, 0.15) is 25.0 Å². The van der Waals surface area contributed by atoms with Crippen molar-refractivity contribution < 1.29 is 0 Å². The number of para-hydroxylation sites is 4. The van der Waals surface area contributed by atoms with E-state index in [2.05, 4.69) is 169 Å². The molecule has 0 spiro atoms. The Kier molecular flexibility index (Phi) is 5.20. The van der Waals surface area contributed by atoms with Crippen LogP contribution in [0.25, 0.3) is 22.3 Å². The molecule has 1 heterocycles. The lowest BCUT2D eigenvalue weighted by Gasteiger charge is -2.41. The summed E-state index contributed by atoms with van der Waals surface area (Å²) in [5.41, 5.74) is 14.8. The van der Waals surface area contributed by atoms with Crippen molar-refractivity contribution in [2.75, 3.05) is 9.80 Å². The molecule has 6 aromatic rings. The molecule has 196 valence electrons. The first-order chi connectivity index (χ1) is 20.1. The Bertz CT molecular complexity index is 1910. The van der Waals surface area contributed by atoms with Crippen molar-refractivity contribution in [2.24, 2.45) is 0 Å². The lowest BCUT2D eigenvalue weighted by atomic mass is 9.81. The number of fused-ring (bicyclic) bond motifs is 6. The van der Waals surface area contributed by atoms with Crippen LogP contribution in [0.15, 0.2) is 146 Å². The third-order valence-corrected chi connectivity index (χ3v) is 8.76. The van der Waals surface area contributed by atoms with E-state index in [1.54, 1.807) is 0 Å². The zero-order chi connectivity index (χ0) is 27.6. The van der Waals surface area contributed by atoms with Crippen molar-refractivity contribution >= 4 is 34.1 Å². The second-order valence-corrected chi connectivity index (χ2v) is 11.4. The molecule has 0 saturated carbocycles. The molecule has 0 amide bonds. The fourth-order valence-electron chi connectivity index (χ4n) is 6.81. The van der Waals surface area contributed by atoms with Gasteiger partial charge in [0.25, 0.3) is 0 Å². The summed E-state index contributed by atoms with van der Waals surface area (Å²) in [6, 6.07) is 52.8. The van der Waals surface area contributed by atoms with E-state index < -0.39 is 0 Å². The van der Waals surface area contributed by atoms with E-state index in [0.29, 0.717) is 0 Å². The van der Waals surface area contributed by atoms with Crippen molar-refractivity contribution in [3.05, 3.63) is 157 Å². The Labute approximate surface area is 241 Å². The third kappa shape index (κ3) is 3.50. The van der Waals surface area contributed by atoms with Crippen LogP contribution in [0, 0.1) is 0 Å². The molecule has 1 aliphatic carbocycles. The van der Waals surface area contributed by atoms with Gasteiger partial charge in [0.15, 0.2) is 0 Å². The van der Waals surface area contributed by atoms with E-state index in [9.17, 15) is 0 Å². The van der Waals surface area contributed by atoms with Crippen LogP contribution >= 0.6 is 0 Å². The minimum atomic E-state index is -0.138. The Morgan fingerprint density at radius 3 is 1.66 bits per heavy atom. The number of benzene rings is 6. The maximum atomic E-state index is 2.47. The highest BCUT2D eigenvalue weighted by Crippen LogP contribution is 2.62. The first-order valence-corrected chi connectivity index (χ1v) is 14.3. The van der Waals surface area contributed by atoms with Gasteiger partial charge in [-0.15, -0.1) is 0 Å². The summed E-state index contributed by atoms with van der Waals surface area (Å²) in [7, 11) is 0. The van der Waals surface area contributed by atoms with Gasteiger partial charge in [0, 0.05) is 22.4 Å². The Hall–Kier alpha value is -5.08. The van der Waals surface area contributed by atoms with Crippen molar-refractivity contribution in [1.29, 1.82) is 0 Å². The highest BCUT2D eigenvalue weighted by atomic mass is 15.3. The van der Waals surface area contributed by atoms with Gasteiger partial charge in [-0.1, -0.05) is 111 Å². The molecule has 2 aliphatic rings. The molecule has 0 bridgehead atoms. The maximum Gasteiger partial charge on any atom is 0.0785 e. The largest absolute Gasteiger partial charge is 0.306 e. The lowest BCUT2D eigenvalue weighted by Crippen LogP contribution is -2.25. The Morgan fingerprint density at radius 2 is 1.00 bits per heavy atom. The van der Waals surface area contributed by atoms with Gasteiger partial charge in [0.05, 0.1) is 22.7 Å². The highest BCUT2D eigenvalue weighted by Gasteiger charge is 2.42. The second kappa shape index (κ2) is 8.97. The molecule has 0 aromatic heterocycles. The maximum absolute atomic E-state index is 2.47. The molecule has 0 fully saturated rings. The molecule has 0 N–H and O–H groups in total. The average molecular weight is 527 g/mol. The Morgan fingerprint density at radius 1 is 0.439 bits per heavy atom. The number of anilines is 6. The van der Waals surface area contributed by atoms with Gasteiger partial charge in [0.2, 0.25) is 0 Å². The molecular weight excluding hydrogens is 496 g/mol. The molecule has 6 aromatic carbocycles. The molecule has 0 atom stereocenters. The first-order valence-electron chi connectivity index (χ1n) is 14.3. The van der Waals surface area contributed by atoms with Gasteiger partial charge in [-0.2, -0.15) is 0 Å². The SMILES string of the molecule is CC1(C)c2cc(-c3ccccc3)ccc2-c2c1ccc1c2N(c2ccccc2)c2ccccc2N1c1ccccc1. The minimum Gasteiger partial charge on any atom is -0.306 e. The number of nitrogens with zero attached hydrogens (tertiary/aromatic N) is 2. The monoisotopic (exact) mass is 526 g/mol. The summed E-state index contributed by atoms with van der Waals surface area (Å²) in [6.07, 6.45) is 0. The topological polar surface area (TPSA) is 6.48 Å². The van der Waals surface area contributed by atoms with Gasteiger partial charge in [-0.25, -0.2) is 0 Å². The molecule has 0 unspecified atom stereocenters. The van der Waals surface area contributed by atoms with Crippen molar-refractivity contribution in [3.63, 3.8) is 0 Å². The molecule has 8 rings (SSSR count). The quantitative estimate of drug-likeness (QED) is 0.226. The van der Waals surface area contributed by atoms with Gasteiger partial charge in [0.1, 0.15) is 0 Å². The fourth-order valence-corrected chi connectivity index (χ4v) is 6.81. The summed E-state index contributed by atoms with van der Waals surface area (Å²) in [6.45, 7) is 4.74. The smallest absolute Gasteiger partial charge is 0.0785 e. The predicted molar refractivity (Wildman–Crippen MR) is 172 cm³/mol. The van der Waals surface area contributed by atoms with Crippen LogP contribution in [0.3, 0.4) is 0 Å². The highest BCUT2D eigenvalue weighted by molar-refractivity contribution is 6.09. The first kappa shape index (κ1) is 23.8. The molecule has 2 heteroatoms. The van der Waals surface area contributed by atoms with Crippen LogP contribution in [0.4, 0.5) is 34.1 Å². The van der Waals surface area contributed by atoms with Crippen molar-refractivity contribution in [2.45, 2.75) is 19.3 Å². The number of hydrogen-bond donors (Lipinski definition) is 0. The van der Waals surface area contributed by atoms with E-state index in [4.69, 9.17) is 0 Å². The van der Waals surface area contributed by atoms with Gasteiger partial charge >= 0.3 is 0 Å². The summed E-state index contributed by atoms with van der Waals surface area (Å²) >= 11 is 0. The standard InChI is InChI=1S/C39H30N2/c1-39(2)32-24-25-36-38(37(32)31-23-22-28(26-33(31)39)27-14-6-3-7-15-27)41(30-18-10-5-11-19-30)35-21-13-12-20-34(35)40(36)29-16-8-4-9-17-29/h3-26H,1-2H3. The van der Waals surface area contributed by atoms with E-state index in [1.165, 1.54) is 56.1 Å². The van der Waals surface area contributed by atoms with E-state index in [0.717, 1.165) is 11.4 Å². The molecular formula is C39H30N2. The molecule has 2 nitrogen and oxygen atoms in total. The van der Waals surface area contributed by atoms with Crippen molar-refractivity contribution in [1.82, 2.24) is 0 Å². The summed E-state index contributed by atoms with van der Waals surface area (Å²) in [4.78, 5) is 4.90. The van der Waals surface area contributed by atoms with Gasteiger partial charge in [-0.3, -0.25) is 0 Å². The van der Waals surface area contributed by atoms with E-state index >= 15 is 0 Å². The normalized spacial score (nSPS) is 14.2. The van der Waals surface area contributed by atoms with Crippen LogP contribution < -0.4 is 9.80 Å². The molecule has 1 aliphatic heterocycles. The second-order valence-electron chi connectivity index (χ2n) is 11.4. The summed E-state index contributed by atoms with van der Waals surface area (Å²) in [5, 5.41) is 0. The third-order valence-electron chi connectivity index (χ3n) is 8.76. The van der Waals surface area contributed by atoms with Crippen molar-refractivity contribution in [3.8, 4) is 22.3 Å². The van der Waals surface area contributed by atoms with Crippen LogP contribution in [-0.2, 0) is 5.41 Å². The molecule has 0 radical (unpaired) electrons. The van der Waals surface area contributed by atoms with Crippen LogP contribution in [0.2, 0.25) is 0 Å². The molecule has 0 saturated heterocycles. The van der Waals surface area contributed by atoms with E-state index in [-0.39, 0.29) is 5.41 Å². The average Bonchev–Trinajstić information content (AvgIpc) is 3.27. The zero-order valence-corrected chi connectivity index (χ0v) is 23.3. The fraction of sp³-hybridized carbons (Fsp3) is 0.0769. The molecule has 41 heavy (non-hydrogen) atoms. The van der Waals surface area contributed by atoms with Gasteiger partial charge in [-0.05, 0) is 76.3 Å². The van der Waals surface area contributed by atoms with Gasteiger partial charge < -0.3 is 9.80 Å². The Balaban J connectivity index is 1.45. The minimum absolute atomic E-state index is 0.138. The number of rotatable bonds is 3. The predicted octanol–water partition coefficient (Wildman–Crippen LogP) is 10.9. The number of hydrogen-bond acceptors (Lipinski definition) is 2.